The van der Waals surface area contributed by atoms with Crippen LogP contribution in [0.1, 0.15) is 31.4 Å². The third-order valence-corrected chi connectivity index (χ3v) is 3.01. The van der Waals surface area contributed by atoms with E-state index in [1.165, 1.54) is 18.2 Å². The number of nitrogens with one attached hydrogen (secondary N) is 1. The largest absolute Gasteiger partial charge is 0.310 e. The summed E-state index contributed by atoms with van der Waals surface area (Å²) in [5.74, 6) is -0.363. The van der Waals surface area contributed by atoms with Crippen molar-refractivity contribution in [2.24, 2.45) is 5.92 Å². The van der Waals surface area contributed by atoms with Crippen molar-refractivity contribution in [3.05, 3.63) is 35.4 Å². The molecule has 0 aromatic heterocycles. The first-order valence-electron chi connectivity index (χ1n) is 5.35. The first-order valence-corrected chi connectivity index (χ1v) is 5.35. The molecule has 1 aromatic rings. The maximum absolute atomic E-state index is 13.5. The van der Waals surface area contributed by atoms with Gasteiger partial charge in [0.05, 0.1) is 0 Å². The van der Waals surface area contributed by atoms with Gasteiger partial charge in [0.1, 0.15) is 11.6 Å². The predicted octanol–water partition coefficient (Wildman–Crippen LogP) is 3.03. The van der Waals surface area contributed by atoms with Crippen molar-refractivity contribution in [3.8, 4) is 0 Å². The Kier molecular flexibility index (Phi) is 3.00. The highest BCUT2D eigenvalue weighted by molar-refractivity contribution is 5.23. The van der Waals surface area contributed by atoms with Gasteiger partial charge in [0.2, 0.25) is 0 Å². The van der Waals surface area contributed by atoms with Crippen LogP contribution < -0.4 is 5.32 Å². The second-order valence-electron chi connectivity index (χ2n) is 4.27. The van der Waals surface area contributed by atoms with Gasteiger partial charge in [0.25, 0.3) is 0 Å². The second-order valence-corrected chi connectivity index (χ2v) is 4.27. The van der Waals surface area contributed by atoms with E-state index in [1.54, 1.807) is 0 Å². The molecule has 1 saturated heterocycles. The Balaban J connectivity index is 2.28. The number of piperidine rings is 1. The van der Waals surface area contributed by atoms with E-state index in [2.05, 4.69) is 12.2 Å². The van der Waals surface area contributed by atoms with Gasteiger partial charge < -0.3 is 5.32 Å². The Labute approximate surface area is 88.5 Å². The Morgan fingerprint density at radius 2 is 1.93 bits per heavy atom. The third-order valence-electron chi connectivity index (χ3n) is 3.01. The van der Waals surface area contributed by atoms with Crippen LogP contribution in [0.15, 0.2) is 18.2 Å². The van der Waals surface area contributed by atoms with Gasteiger partial charge >= 0.3 is 0 Å². The van der Waals surface area contributed by atoms with Gasteiger partial charge in [-0.1, -0.05) is 13.0 Å². The SMILES string of the molecule is CC1CCNC(c2c(F)cccc2F)C1. The number of hydrogen-bond donors (Lipinski definition) is 1. The summed E-state index contributed by atoms with van der Waals surface area (Å²) < 4.78 is 27.0. The molecular weight excluding hydrogens is 196 g/mol. The Morgan fingerprint density at radius 1 is 1.27 bits per heavy atom. The minimum atomic E-state index is -0.443. The lowest BCUT2D eigenvalue weighted by Gasteiger charge is -2.28. The van der Waals surface area contributed by atoms with E-state index in [0.717, 1.165) is 19.4 Å². The van der Waals surface area contributed by atoms with Gasteiger partial charge in [0.15, 0.2) is 0 Å². The normalized spacial score (nSPS) is 26.6. The van der Waals surface area contributed by atoms with Crippen LogP contribution in [0.2, 0.25) is 0 Å². The predicted molar refractivity (Wildman–Crippen MR) is 55.5 cm³/mol. The first-order chi connectivity index (χ1) is 7.18. The van der Waals surface area contributed by atoms with Crippen LogP contribution in [0.3, 0.4) is 0 Å². The minimum absolute atomic E-state index is 0.171. The lowest BCUT2D eigenvalue weighted by atomic mass is 9.89. The maximum Gasteiger partial charge on any atom is 0.130 e. The van der Waals surface area contributed by atoms with Crippen molar-refractivity contribution in [2.45, 2.75) is 25.8 Å². The molecule has 0 amide bonds. The molecule has 2 unspecified atom stereocenters. The van der Waals surface area contributed by atoms with Crippen molar-refractivity contribution in [1.29, 1.82) is 0 Å². The fourth-order valence-electron chi connectivity index (χ4n) is 2.17. The van der Waals surface area contributed by atoms with Gasteiger partial charge in [-0.2, -0.15) is 0 Å². The number of benzene rings is 1. The average Bonchev–Trinajstić information content (AvgIpc) is 2.17. The zero-order valence-corrected chi connectivity index (χ0v) is 8.76. The van der Waals surface area contributed by atoms with Crippen LogP contribution >= 0.6 is 0 Å². The molecule has 1 nitrogen and oxygen atoms in total. The molecule has 15 heavy (non-hydrogen) atoms. The Bertz CT molecular complexity index is 331. The van der Waals surface area contributed by atoms with Crippen LogP contribution in [-0.4, -0.2) is 6.54 Å². The molecular formula is C12H15F2N. The summed E-state index contributed by atoms with van der Waals surface area (Å²) in [5, 5.41) is 3.17. The van der Waals surface area contributed by atoms with E-state index in [0.29, 0.717) is 5.92 Å². The standard InChI is InChI=1S/C12H15F2N/c1-8-5-6-15-11(7-8)12-9(13)3-2-4-10(12)14/h2-4,8,11,15H,5-7H2,1H3. The highest BCUT2D eigenvalue weighted by Gasteiger charge is 2.24. The number of hydrogen-bond acceptors (Lipinski definition) is 1. The highest BCUT2D eigenvalue weighted by atomic mass is 19.1. The van der Waals surface area contributed by atoms with Crippen molar-refractivity contribution < 1.29 is 8.78 Å². The van der Waals surface area contributed by atoms with E-state index >= 15 is 0 Å². The average molecular weight is 211 g/mol. The quantitative estimate of drug-likeness (QED) is 0.753. The summed E-state index contributed by atoms with van der Waals surface area (Å²) in [4.78, 5) is 0. The summed E-state index contributed by atoms with van der Waals surface area (Å²) in [7, 11) is 0. The second kappa shape index (κ2) is 4.27. The molecule has 2 rings (SSSR count). The fourth-order valence-corrected chi connectivity index (χ4v) is 2.17. The molecule has 0 spiro atoms. The number of rotatable bonds is 1. The maximum atomic E-state index is 13.5. The summed E-state index contributed by atoms with van der Waals surface area (Å²) in [6.45, 7) is 2.95. The van der Waals surface area contributed by atoms with Crippen LogP contribution in [0, 0.1) is 17.6 Å². The van der Waals surface area contributed by atoms with E-state index in [9.17, 15) is 8.78 Å². The summed E-state index contributed by atoms with van der Waals surface area (Å²) in [5.41, 5.74) is 0.198. The Morgan fingerprint density at radius 3 is 2.53 bits per heavy atom. The molecule has 1 aliphatic rings. The van der Waals surface area contributed by atoms with Crippen LogP contribution in [0.25, 0.3) is 0 Å². The van der Waals surface area contributed by atoms with Gasteiger partial charge in [-0.25, -0.2) is 8.78 Å². The molecule has 1 aromatic carbocycles. The van der Waals surface area contributed by atoms with Crippen molar-refractivity contribution in [1.82, 2.24) is 5.32 Å². The molecule has 82 valence electrons. The first kappa shape index (κ1) is 10.6. The zero-order valence-electron chi connectivity index (χ0n) is 8.76. The highest BCUT2D eigenvalue weighted by Crippen LogP contribution is 2.29. The lowest BCUT2D eigenvalue weighted by Crippen LogP contribution is -2.32. The van der Waals surface area contributed by atoms with Crippen LogP contribution in [0.5, 0.6) is 0 Å². The Hall–Kier alpha value is -0.960. The molecule has 0 bridgehead atoms. The van der Waals surface area contributed by atoms with E-state index in [4.69, 9.17) is 0 Å². The van der Waals surface area contributed by atoms with Crippen molar-refractivity contribution in [3.63, 3.8) is 0 Å². The molecule has 2 atom stereocenters. The molecule has 0 saturated carbocycles. The molecule has 1 heterocycles. The zero-order chi connectivity index (χ0) is 10.8. The smallest absolute Gasteiger partial charge is 0.130 e. The summed E-state index contributed by atoms with van der Waals surface area (Å²) in [6, 6.07) is 3.87. The molecule has 3 heteroatoms. The minimum Gasteiger partial charge on any atom is -0.310 e. The third kappa shape index (κ3) is 2.17. The van der Waals surface area contributed by atoms with Gasteiger partial charge in [0, 0.05) is 11.6 Å². The summed E-state index contributed by atoms with van der Waals surface area (Å²) in [6.07, 6.45) is 1.88. The topological polar surface area (TPSA) is 12.0 Å². The number of halogens is 2. The monoisotopic (exact) mass is 211 g/mol. The van der Waals surface area contributed by atoms with Crippen LogP contribution in [-0.2, 0) is 0 Å². The van der Waals surface area contributed by atoms with E-state index < -0.39 is 11.6 Å². The fraction of sp³-hybridized carbons (Fsp3) is 0.500. The molecule has 1 aliphatic heterocycles. The van der Waals surface area contributed by atoms with Gasteiger partial charge in [-0.15, -0.1) is 0 Å². The van der Waals surface area contributed by atoms with Crippen molar-refractivity contribution in [2.75, 3.05) is 6.54 Å². The van der Waals surface area contributed by atoms with Gasteiger partial charge in [-0.3, -0.25) is 0 Å². The van der Waals surface area contributed by atoms with Crippen molar-refractivity contribution >= 4 is 0 Å². The molecule has 1 fully saturated rings. The molecule has 0 radical (unpaired) electrons. The van der Waals surface area contributed by atoms with E-state index in [-0.39, 0.29) is 11.6 Å². The summed E-state index contributed by atoms with van der Waals surface area (Å²) >= 11 is 0. The van der Waals surface area contributed by atoms with Gasteiger partial charge in [-0.05, 0) is 37.4 Å². The van der Waals surface area contributed by atoms with E-state index in [1.807, 2.05) is 0 Å². The molecule has 0 aliphatic carbocycles. The van der Waals surface area contributed by atoms with Crippen LogP contribution in [0.4, 0.5) is 8.78 Å². The lowest BCUT2D eigenvalue weighted by molar-refractivity contribution is 0.312. The molecule has 1 N–H and O–H groups in total.